The molecule has 1 aromatic carbocycles. The van der Waals surface area contributed by atoms with Gasteiger partial charge in [0.2, 0.25) is 0 Å². The molecule has 0 amide bonds. The first kappa shape index (κ1) is 14.3. The molecule has 1 aliphatic heterocycles. The molecule has 21 heavy (non-hydrogen) atoms. The summed E-state index contributed by atoms with van der Waals surface area (Å²) in [5, 5.41) is 3.36. The standard InChI is InChI=1S/C15H19N3O2S/c1-21(19,20)14-4-2-13(3-5-14)18-11-17-10-15(18)12-6-8-16-9-7-12/h2-5,10-12,16H,6-9H2,1H3. The average Bonchev–Trinajstić information content (AvgIpc) is 2.97. The van der Waals surface area contributed by atoms with Crippen molar-refractivity contribution in [2.45, 2.75) is 23.7 Å². The number of sulfone groups is 1. The van der Waals surface area contributed by atoms with Gasteiger partial charge in [-0.1, -0.05) is 0 Å². The van der Waals surface area contributed by atoms with E-state index in [0.717, 1.165) is 31.6 Å². The normalized spacial score (nSPS) is 17.0. The van der Waals surface area contributed by atoms with Gasteiger partial charge in [-0.05, 0) is 50.2 Å². The van der Waals surface area contributed by atoms with Crippen LogP contribution in [0.4, 0.5) is 0 Å². The van der Waals surface area contributed by atoms with Gasteiger partial charge in [-0.3, -0.25) is 0 Å². The van der Waals surface area contributed by atoms with E-state index in [4.69, 9.17) is 0 Å². The molecule has 2 aromatic rings. The molecule has 6 heteroatoms. The zero-order valence-corrected chi connectivity index (χ0v) is 12.8. The average molecular weight is 305 g/mol. The third-order valence-electron chi connectivity index (χ3n) is 3.97. The van der Waals surface area contributed by atoms with Crippen LogP contribution in [0.15, 0.2) is 41.7 Å². The highest BCUT2D eigenvalue weighted by molar-refractivity contribution is 7.90. The maximum absolute atomic E-state index is 11.5. The van der Waals surface area contributed by atoms with Crippen LogP contribution in [0.2, 0.25) is 0 Å². The Hall–Kier alpha value is -1.66. The van der Waals surface area contributed by atoms with Crippen molar-refractivity contribution in [1.82, 2.24) is 14.9 Å². The number of nitrogens with one attached hydrogen (secondary N) is 1. The molecule has 1 aliphatic rings. The zero-order valence-electron chi connectivity index (χ0n) is 12.0. The Kier molecular flexibility index (Phi) is 3.82. The van der Waals surface area contributed by atoms with Gasteiger partial charge in [0.25, 0.3) is 0 Å². The molecule has 3 rings (SSSR count). The monoisotopic (exact) mass is 305 g/mol. The van der Waals surface area contributed by atoms with Gasteiger partial charge in [-0.2, -0.15) is 0 Å². The second-order valence-electron chi connectivity index (χ2n) is 5.48. The molecule has 112 valence electrons. The quantitative estimate of drug-likeness (QED) is 0.938. The molecule has 5 nitrogen and oxygen atoms in total. The van der Waals surface area contributed by atoms with Gasteiger partial charge in [-0.25, -0.2) is 13.4 Å². The summed E-state index contributed by atoms with van der Waals surface area (Å²) in [4.78, 5) is 4.61. The van der Waals surface area contributed by atoms with Gasteiger partial charge in [0.15, 0.2) is 9.84 Å². The number of hydrogen-bond donors (Lipinski definition) is 1. The first-order chi connectivity index (χ1) is 10.1. The highest BCUT2D eigenvalue weighted by Crippen LogP contribution is 2.27. The van der Waals surface area contributed by atoms with Crippen LogP contribution in [0.3, 0.4) is 0 Å². The van der Waals surface area contributed by atoms with Crippen molar-refractivity contribution < 1.29 is 8.42 Å². The van der Waals surface area contributed by atoms with Crippen molar-refractivity contribution in [1.29, 1.82) is 0 Å². The minimum Gasteiger partial charge on any atom is -0.317 e. The Morgan fingerprint density at radius 3 is 2.48 bits per heavy atom. The van der Waals surface area contributed by atoms with Crippen LogP contribution in [0.1, 0.15) is 24.5 Å². The lowest BCUT2D eigenvalue weighted by atomic mass is 9.95. The largest absolute Gasteiger partial charge is 0.317 e. The Morgan fingerprint density at radius 2 is 1.86 bits per heavy atom. The summed E-state index contributed by atoms with van der Waals surface area (Å²) in [6.45, 7) is 2.06. The molecule has 2 heterocycles. The van der Waals surface area contributed by atoms with E-state index in [9.17, 15) is 8.42 Å². The Labute approximate surface area is 124 Å². The summed E-state index contributed by atoms with van der Waals surface area (Å²) in [6, 6.07) is 6.97. The van der Waals surface area contributed by atoms with E-state index in [0.29, 0.717) is 10.8 Å². The van der Waals surface area contributed by atoms with Gasteiger partial charge >= 0.3 is 0 Å². The number of rotatable bonds is 3. The molecule has 0 bridgehead atoms. The number of benzene rings is 1. The number of hydrogen-bond acceptors (Lipinski definition) is 4. The van der Waals surface area contributed by atoms with E-state index < -0.39 is 9.84 Å². The molecule has 0 spiro atoms. The summed E-state index contributed by atoms with van der Waals surface area (Å²) in [5.74, 6) is 0.503. The summed E-state index contributed by atoms with van der Waals surface area (Å²) in [7, 11) is -3.15. The van der Waals surface area contributed by atoms with Crippen LogP contribution in [0.25, 0.3) is 5.69 Å². The second kappa shape index (κ2) is 5.61. The van der Waals surface area contributed by atoms with E-state index in [1.165, 1.54) is 11.9 Å². The van der Waals surface area contributed by atoms with Gasteiger partial charge in [-0.15, -0.1) is 0 Å². The number of aromatic nitrogens is 2. The van der Waals surface area contributed by atoms with Gasteiger partial charge in [0.1, 0.15) is 0 Å². The molecule has 1 saturated heterocycles. The van der Waals surface area contributed by atoms with E-state index in [2.05, 4.69) is 14.9 Å². The van der Waals surface area contributed by atoms with Gasteiger partial charge in [0, 0.05) is 29.8 Å². The van der Waals surface area contributed by atoms with Gasteiger partial charge < -0.3 is 9.88 Å². The first-order valence-electron chi connectivity index (χ1n) is 7.09. The lowest BCUT2D eigenvalue weighted by molar-refractivity contribution is 0.449. The van der Waals surface area contributed by atoms with Crippen molar-refractivity contribution in [2.75, 3.05) is 19.3 Å². The molecule has 1 N–H and O–H groups in total. The molecular weight excluding hydrogens is 286 g/mol. The number of piperidine rings is 1. The lowest BCUT2D eigenvalue weighted by Gasteiger charge is -2.23. The molecule has 1 aromatic heterocycles. The van der Waals surface area contributed by atoms with E-state index >= 15 is 0 Å². The molecule has 0 aliphatic carbocycles. The highest BCUT2D eigenvalue weighted by atomic mass is 32.2. The predicted molar refractivity (Wildman–Crippen MR) is 81.5 cm³/mol. The van der Waals surface area contributed by atoms with Crippen LogP contribution in [0.5, 0.6) is 0 Å². The maximum Gasteiger partial charge on any atom is 0.175 e. The fourth-order valence-corrected chi connectivity index (χ4v) is 3.43. The third-order valence-corrected chi connectivity index (χ3v) is 5.10. The summed E-state index contributed by atoms with van der Waals surface area (Å²) >= 11 is 0. The molecule has 0 radical (unpaired) electrons. The van der Waals surface area contributed by atoms with Crippen molar-refractivity contribution >= 4 is 9.84 Å². The highest BCUT2D eigenvalue weighted by Gasteiger charge is 2.19. The maximum atomic E-state index is 11.5. The van der Waals surface area contributed by atoms with Crippen molar-refractivity contribution in [3.63, 3.8) is 0 Å². The summed E-state index contributed by atoms with van der Waals surface area (Å²) in [5.41, 5.74) is 2.15. The summed E-state index contributed by atoms with van der Waals surface area (Å²) in [6.07, 6.45) is 7.15. The fraction of sp³-hybridized carbons (Fsp3) is 0.400. The van der Waals surface area contributed by atoms with Crippen molar-refractivity contribution in [3.05, 3.63) is 42.5 Å². The lowest BCUT2D eigenvalue weighted by Crippen LogP contribution is -2.27. The second-order valence-corrected chi connectivity index (χ2v) is 7.49. The van der Waals surface area contributed by atoms with E-state index in [1.54, 1.807) is 18.5 Å². The summed E-state index contributed by atoms with van der Waals surface area (Å²) < 4.78 is 25.1. The topological polar surface area (TPSA) is 64.0 Å². The van der Waals surface area contributed by atoms with E-state index in [-0.39, 0.29) is 0 Å². The number of imidazole rings is 1. The Bertz CT molecular complexity index is 714. The van der Waals surface area contributed by atoms with Crippen molar-refractivity contribution in [2.24, 2.45) is 0 Å². The van der Waals surface area contributed by atoms with Crippen LogP contribution < -0.4 is 5.32 Å². The minimum atomic E-state index is -3.15. The van der Waals surface area contributed by atoms with Crippen LogP contribution in [-0.2, 0) is 9.84 Å². The Balaban J connectivity index is 1.92. The van der Waals surface area contributed by atoms with Crippen LogP contribution in [-0.4, -0.2) is 37.3 Å². The molecule has 0 atom stereocenters. The third kappa shape index (κ3) is 3.01. The molecular formula is C15H19N3O2S. The Morgan fingerprint density at radius 1 is 1.19 bits per heavy atom. The fourth-order valence-electron chi connectivity index (χ4n) is 2.79. The molecule has 0 unspecified atom stereocenters. The molecule has 0 saturated carbocycles. The number of nitrogens with zero attached hydrogens (tertiary/aromatic N) is 2. The SMILES string of the molecule is CS(=O)(=O)c1ccc(-n2cncc2C2CCNCC2)cc1. The zero-order chi connectivity index (χ0) is 14.9. The molecule has 1 fully saturated rings. The van der Waals surface area contributed by atoms with Crippen LogP contribution in [0, 0.1) is 0 Å². The first-order valence-corrected chi connectivity index (χ1v) is 8.98. The van der Waals surface area contributed by atoms with Gasteiger partial charge in [0.05, 0.1) is 11.2 Å². The van der Waals surface area contributed by atoms with E-state index in [1.807, 2.05) is 18.3 Å². The smallest absolute Gasteiger partial charge is 0.175 e. The minimum absolute atomic E-state index is 0.342. The van der Waals surface area contributed by atoms with Crippen molar-refractivity contribution in [3.8, 4) is 5.69 Å². The van der Waals surface area contributed by atoms with Crippen LogP contribution >= 0.6 is 0 Å². The predicted octanol–water partition coefficient (Wildman–Crippen LogP) is 1.74.